The minimum atomic E-state index is -0.195. The van der Waals surface area contributed by atoms with E-state index in [9.17, 15) is 4.79 Å². The Morgan fingerprint density at radius 1 is 1.17 bits per heavy atom. The number of carbonyl (C=O) groups excluding carboxylic acids is 1. The molecule has 0 spiro atoms. The van der Waals surface area contributed by atoms with E-state index in [4.69, 9.17) is 0 Å². The molecule has 2 rings (SSSR count). The highest BCUT2D eigenvalue weighted by Gasteiger charge is 2.14. The first kappa shape index (κ1) is 16.9. The number of hydrogen-bond acceptors (Lipinski definition) is 4. The lowest BCUT2D eigenvalue weighted by Crippen LogP contribution is -2.28. The van der Waals surface area contributed by atoms with Crippen LogP contribution in [0.3, 0.4) is 0 Å². The van der Waals surface area contributed by atoms with E-state index in [0.717, 1.165) is 12.0 Å². The van der Waals surface area contributed by atoms with Crippen molar-refractivity contribution in [3.05, 3.63) is 53.5 Å². The van der Waals surface area contributed by atoms with Crippen molar-refractivity contribution in [3.63, 3.8) is 0 Å². The number of hydrogen-bond donors (Lipinski definition) is 2. The first-order valence-corrected chi connectivity index (χ1v) is 7.97. The van der Waals surface area contributed by atoms with Gasteiger partial charge in [-0.05, 0) is 32.8 Å². The molecule has 2 aromatic rings. The lowest BCUT2D eigenvalue weighted by Gasteiger charge is -2.16. The number of nitrogens with zero attached hydrogens (tertiary/aromatic N) is 2. The van der Waals surface area contributed by atoms with Crippen molar-refractivity contribution in [3.8, 4) is 0 Å². The third kappa shape index (κ3) is 4.77. The molecule has 2 atom stereocenters. The van der Waals surface area contributed by atoms with Gasteiger partial charge in [-0.1, -0.05) is 37.3 Å². The summed E-state index contributed by atoms with van der Waals surface area (Å²) in [5.41, 5.74) is 1.44. The van der Waals surface area contributed by atoms with Gasteiger partial charge in [0, 0.05) is 12.1 Å². The van der Waals surface area contributed by atoms with Gasteiger partial charge < -0.3 is 10.6 Å². The zero-order chi connectivity index (χ0) is 16.8. The molecule has 0 fully saturated rings. The molecule has 0 saturated heterocycles. The summed E-state index contributed by atoms with van der Waals surface area (Å²) in [7, 11) is 0. The number of aromatic nitrogens is 2. The van der Waals surface area contributed by atoms with Gasteiger partial charge in [0.1, 0.15) is 17.3 Å². The molecule has 0 aliphatic rings. The highest BCUT2D eigenvalue weighted by molar-refractivity contribution is 5.93. The topological polar surface area (TPSA) is 66.9 Å². The second-order valence-corrected chi connectivity index (χ2v) is 5.75. The molecular formula is C18H24N4O. The van der Waals surface area contributed by atoms with Crippen LogP contribution in [-0.4, -0.2) is 21.9 Å². The van der Waals surface area contributed by atoms with Crippen LogP contribution in [-0.2, 0) is 0 Å². The van der Waals surface area contributed by atoms with Crippen molar-refractivity contribution in [2.24, 2.45) is 0 Å². The summed E-state index contributed by atoms with van der Waals surface area (Å²) in [4.78, 5) is 21.0. The Morgan fingerprint density at radius 3 is 2.52 bits per heavy atom. The van der Waals surface area contributed by atoms with Crippen molar-refractivity contribution < 1.29 is 4.79 Å². The number of benzene rings is 1. The summed E-state index contributed by atoms with van der Waals surface area (Å²) in [5, 5.41) is 6.26. The third-order valence-corrected chi connectivity index (χ3v) is 3.72. The van der Waals surface area contributed by atoms with Crippen molar-refractivity contribution in [1.29, 1.82) is 0 Å². The minimum absolute atomic E-state index is 0.0788. The summed E-state index contributed by atoms with van der Waals surface area (Å²) in [6.45, 7) is 7.92. The number of nitrogens with one attached hydrogen (secondary N) is 2. The van der Waals surface area contributed by atoms with Gasteiger partial charge in [0.25, 0.3) is 5.91 Å². The summed E-state index contributed by atoms with van der Waals surface area (Å²) in [6, 6.07) is 11.8. The molecule has 2 unspecified atom stereocenters. The summed E-state index contributed by atoms with van der Waals surface area (Å²) in [5.74, 6) is 1.07. The average Bonchev–Trinajstić information content (AvgIpc) is 2.54. The SMILES string of the molecule is CCC(C)Nc1cc(C(=O)NC(C)c2ccccc2)nc(C)n1. The van der Waals surface area contributed by atoms with Gasteiger partial charge in [-0.15, -0.1) is 0 Å². The van der Waals surface area contributed by atoms with E-state index in [2.05, 4.69) is 34.4 Å². The van der Waals surface area contributed by atoms with Crippen molar-refractivity contribution >= 4 is 11.7 Å². The average molecular weight is 312 g/mol. The van der Waals surface area contributed by atoms with E-state index in [1.807, 2.05) is 37.3 Å². The highest BCUT2D eigenvalue weighted by atomic mass is 16.1. The smallest absolute Gasteiger partial charge is 0.270 e. The minimum Gasteiger partial charge on any atom is -0.368 e. The normalized spacial score (nSPS) is 13.2. The maximum atomic E-state index is 12.5. The zero-order valence-corrected chi connectivity index (χ0v) is 14.1. The van der Waals surface area contributed by atoms with Gasteiger partial charge in [-0.3, -0.25) is 4.79 Å². The predicted molar refractivity (Wildman–Crippen MR) is 92.5 cm³/mol. The Hall–Kier alpha value is -2.43. The molecule has 122 valence electrons. The maximum Gasteiger partial charge on any atom is 0.270 e. The molecule has 1 heterocycles. The van der Waals surface area contributed by atoms with Crippen LogP contribution < -0.4 is 10.6 Å². The van der Waals surface area contributed by atoms with Gasteiger partial charge in [-0.2, -0.15) is 0 Å². The van der Waals surface area contributed by atoms with Gasteiger partial charge in [-0.25, -0.2) is 9.97 Å². The Balaban J connectivity index is 2.12. The van der Waals surface area contributed by atoms with Crippen molar-refractivity contribution in [2.75, 3.05) is 5.32 Å². The fourth-order valence-electron chi connectivity index (χ4n) is 2.21. The molecule has 0 aliphatic carbocycles. The maximum absolute atomic E-state index is 12.5. The van der Waals surface area contributed by atoms with Gasteiger partial charge in [0.05, 0.1) is 6.04 Å². The van der Waals surface area contributed by atoms with Gasteiger partial charge >= 0.3 is 0 Å². The standard InChI is InChI=1S/C18H24N4O/c1-5-12(2)19-17-11-16(21-14(4)22-17)18(23)20-13(3)15-9-7-6-8-10-15/h6-13H,5H2,1-4H3,(H,20,23)(H,19,21,22). The largest absolute Gasteiger partial charge is 0.368 e. The third-order valence-electron chi connectivity index (χ3n) is 3.72. The van der Waals surface area contributed by atoms with E-state index in [1.54, 1.807) is 13.0 Å². The number of amides is 1. The molecule has 5 nitrogen and oxygen atoms in total. The first-order valence-electron chi connectivity index (χ1n) is 7.97. The van der Waals surface area contributed by atoms with E-state index in [-0.39, 0.29) is 11.9 Å². The summed E-state index contributed by atoms with van der Waals surface area (Å²) >= 11 is 0. The fraction of sp³-hybridized carbons (Fsp3) is 0.389. The quantitative estimate of drug-likeness (QED) is 0.857. The molecule has 23 heavy (non-hydrogen) atoms. The van der Waals surface area contributed by atoms with Crippen LogP contribution in [0.4, 0.5) is 5.82 Å². The van der Waals surface area contributed by atoms with Crippen LogP contribution >= 0.6 is 0 Å². The van der Waals surface area contributed by atoms with E-state index >= 15 is 0 Å². The zero-order valence-electron chi connectivity index (χ0n) is 14.1. The van der Waals surface area contributed by atoms with Crippen LogP contribution in [0.25, 0.3) is 0 Å². The number of rotatable bonds is 6. The molecule has 0 aliphatic heterocycles. The summed E-state index contributed by atoms with van der Waals surface area (Å²) in [6.07, 6.45) is 0.982. The molecule has 0 bridgehead atoms. The molecule has 1 amide bonds. The number of carbonyl (C=O) groups is 1. The Morgan fingerprint density at radius 2 is 1.87 bits per heavy atom. The second-order valence-electron chi connectivity index (χ2n) is 5.75. The molecule has 0 saturated carbocycles. The fourth-order valence-corrected chi connectivity index (χ4v) is 2.21. The molecule has 1 aromatic heterocycles. The lowest BCUT2D eigenvalue weighted by molar-refractivity contribution is 0.0934. The molecule has 5 heteroatoms. The van der Waals surface area contributed by atoms with Crippen LogP contribution in [0, 0.1) is 6.92 Å². The Labute approximate surface area is 137 Å². The van der Waals surface area contributed by atoms with Crippen molar-refractivity contribution in [1.82, 2.24) is 15.3 Å². The van der Waals surface area contributed by atoms with Crippen LogP contribution in [0.15, 0.2) is 36.4 Å². The Bertz CT molecular complexity index is 657. The lowest BCUT2D eigenvalue weighted by atomic mass is 10.1. The van der Waals surface area contributed by atoms with Crippen LogP contribution in [0.5, 0.6) is 0 Å². The van der Waals surface area contributed by atoms with Crippen LogP contribution in [0.1, 0.15) is 55.1 Å². The second kappa shape index (κ2) is 7.72. The predicted octanol–water partition coefficient (Wildman–Crippen LogP) is 3.49. The Kier molecular flexibility index (Phi) is 5.68. The molecule has 0 radical (unpaired) electrons. The number of anilines is 1. The van der Waals surface area contributed by atoms with E-state index in [1.165, 1.54) is 0 Å². The number of aryl methyl sites for hydroxylation is 1. The van der Waals surface area contributed by atoms with Crippen molar-refractivity contribution in [2.45, 2.75) is 46.2 Å². The highest BCUT2D eigenvalue weighted by Crippen LogP contribution is 2.14. The van der Waals surface area contributed by atoms with E-state index < -0.39 is 0 Å². The van der Waals surface area contributed by atoms with Gasteiger partial charge in [0.15, 0.2) is 0 Å². The van der Waals surface area contributed by atoms with Gasteiger partial charge in [0.2, 0.25) is 0 Å². The monoisotopic (exact) mass is 312 g/mol. The summed E-state index contributed by atoms with van der Waals surface area (Å²) < 4.78 is 0. The van der Waals surface area contributed by atoms with E-state index in [0.29, 0.717) is 23.4 Å². The molecular weight excluding hydrogens is 288 g/mol. The molecule has 1 aromatic carbocycles. The first-order chi connectivity index (χ1) is 11.0. The molecule has 2 N–H and O–H groups in total. The van der Waals surface area contributed by atoms with Crippen LogP contribution in [0.2, 0.25) is 0 Å².